The lowest BCUT2D eigenvalue weighted by atomic mass is 10.1. The molecule has 1 saturated heterocycles. The third-order valence-corrected chi connectivity index (χ3v) is 6.30. The monoisotopic (exact) mass is 476 g/mol. The Labute approximate surface area is 202 Å². The second kappa shape index (κ2) is 9.32. The summed E-state index contributed by atoms with van der Waals surface area (Å²) in [7, 11) is 3.50. The van der Waals surface area contributed by atoms with Gasteiger partial charge in [0.15, 0.2) is 5.82 Å². The van der Waals surface area contributed by atoms with E-state index in [1.165, 1.54) is 12.8 Å². The van der Waals surface area contributed by atoms with Crippen molar-refractivity contribution in [3.63, 3.8) is 0 Å². The fourth-order valence-electron chi connectivity index (χ4n) is 4.09. The number of aromatic nitrogens is 3. The van der Waals surface area contributed by atoms with Crippen LogP contribution in [0, 0.1) is 0 Å². The molecule has 8 nitrogen and oxygen atoms in total. The molecular weight excluding hydrogens is 452 g/mol. The Balaban J connectivity index is 1.78. The van der Waals surface area contributed by atoms with Crippen molar-refractivity contribution in [2.24, 2.45) is 0 Å². The number of carbonyl (C=O) groups excluding carboxylic acids is 1. The fraction of sp³-hybridized carbons (Fsp3) is 0.240. The quantitative estimate of drug-likeness (QED) is 0.533. The first-order chi connectivity index (χ1) is 16.5. The van der Waals surface area contributed by atoms with Gasteiger partial charge in [0.1, 0.15) is 0 Å². The lowest BCUT2D eigenvalue weighted by Crippen LogP contribution is -2.44. The fourth-order valence-corrected chi connectivity index (χ4v) is 4.24. The standard InChI is InChI=1S/C25H25ClN6O2/c1-31-9-11-32(12-10-31)22-8-6-18-14-17(22)5-3-16-4-7-19(24(33)34-2)21(13-16)29-23-20(26)15-27-25(28-18)30-23/h3-8,13-15H,9-12H2,1-2H3,(H2,27,28,29,30). The number of ether oxygens (including phenoxy) is 1. The Morgan fingerprint density at radius 3 is 2.62 bits per heavy atom. The highest BCUT2D eigenvalue weighted by Gasteiger charge is 2.16. The zero-order valence-electron chi connectivity index (χ0n) is 19.0. The van der Waals surface area contributed by atoms with Gasteiger partial charge in [-0.05, 0) is 48.2 Å². The summed E-state index contributed by atoms with van der Waals surface area (Å²) in [5.74, 6) is 0.408. The van der Waals surface area contributed by atoms with Gasteiger partial charge in [-0.2, -0.15) is 0 Å². The molecular formula is C25H25ClN6O2. The van der Waals surface area contributed by atoms with Crippen LogP contribution in [0.4, 0.5) is 11.6 Å². The smallest absolute Gasteiger partial charge is 0.340 e. The van der Waals surface area contributed by atoms with E-state index in [-0.39, 0.29) is 0 Å². The van der Waals surface area contributed by atoms with Gasteiger partial charge in [0.2, 0.25) is 5.95 Å². The van der Waals surface area contributed by atoms with E-state index in [9.17, 15) is 4.79 Å². The van der Waals surface area contributed by atoms with E-state index in [1.807, 2.05) is 24.3 Å². The van der Waals surface area contributed by atoms with E-state index in [4.69, 9.17) is 21.3 Å². The number of aromatic amines is 1. The van der Waals surface area contributed by atoms with Gasteiger partial charge in [-0.25, -0.2) is 14.8 Å². The highest BCUT2D eigenvalue weighted by molar-refractivity contribution is 6.48. The van der Waals surface area contributed by atoms with Crippen molar-refractivity contribution in [3.05, 3.63) is 66.1 Å². The number of likely N-dealkylation sites (N-methyl/N-ethyl adjacent to an activating group) is 1. The molecule has 3 heterocycles. The van der Waals surface area contributed by atoms with Crippen LogP contribution < -0.4 is 10.2 Å². The van der Waals surface area contributed by atoms with Crippen LogP contribution in [0.3, 0.4) is 0 Å². The van der Waals surface area contributed by atoms with Crippen molar-refractivity contribution >= 4 is 56.0 Å². The lowest BCUT2D eigenvalue weighted by molar-refractivity contribution is 0.0602. The van der Waals surface area contributed by atoms with Crippen LogP contribution in [0.1, 0.15) is 16.2 Å². The number of nitrogens with one attached hydrogen (secondary N) is 2. The maximum Gasteiger partial charge on any atom is 0.340 e. The molecule has 2 aromatic carbocycles. The normalized spacial score (nSPS) is 15.4. The van der Waals surface area contributed by atoms with E-state index >= 15 is 0 Å². The van der Waals surface area contributed by atoms with Crippen molar-refractivity contribution in [1.29, 1.82) is 0 Å². The van der Waals surface area contributed by atoms with Crippen LogP contribution in [-0.4, -0.2) is 66.2 Å². The molecule has 2 aliphatic rings. The minimum Gasteiger partial charge on any atom is -0.465 e. The Kier molecular flexibility index (Phi) is 6.08. The first-order valence-corrected chi connectivity index (χ1v) is 11.4. The van der Waals surface area contributed by atoms with Crippen molar-refractivity contribution in [2.45, 2.75) is 0 Å². The Hall–Kier alpha value is -3.62. The predicted octanol–water partition coefficient (Wildman–Crippen LogP) is 4.30. The number of halogens is 1. The second-order valence-electron chi connectivity index (χ2n) is 8.32. The summed E-state index contributed by atoms with van der Waals surface area (Å²) in [5, 5.41) is 5.39. The van der Waals surface area contributed by atoms with Crippen LogP contribution in [0.25, 0.3) is 26.8 Å². The molecule has 9 heteroatoms. The predicted molar refractivity (Wildman–Crippen MR) is 136 cm³/mol. The number of anilines is 2. The third kappa shape index (κ3) is 4.55. The van der Waals surface area contributed by atoms with Gasteiger partial charge in [-0.3, -0.25) is 0 Å². The summed E-state index contributed by atoms with van der Waals surface area (Å²) in [5.41, 5.74) is 2.76. The summed E-state index contributed by atoms with van der Waals surface area (Å²) in [6, 6.07) is 15.7. The first-order valence-electron chi connectivity index (χ1n) is 11.0. The van der Waals surface area contributed by atoms with E-state index < -0.39 is 5.97 Å². The number of rotatable bonds is 2. The number of fused-ring (bicyclic) bond motifs is 6. The molecule has 0 unspecified atom stereocenters. The maximum absolute atomic E-state index is 12.4. The van der Waals surface area contributed by atoms with E-state index in [0.29, 0.717) is 27.9 Å². The van der Waals surface area contributed by atoms with Crippen LogP contribution in [0.15, 0.2) is 54.7 Å². The lowest BCUT2D eigenvalue weighted by Gasteiger charge is -2.34. The zero-order valence-corrected chi connectivity index (χ0v) is 19.8. The van der Waals surface area contributed by atoms with Gasteiger partial charge in [0.25, 0.3) is 0 Å². The topological polar surface area (TPSA) is 86.4 Å². The number of H-pyrrole nitrogens is 1. The molecule has 5 rings (SSSR count). The molecule has 0 radical (unpaired) electrons. The number of hydrogen-bond acceptors (Lipinski definition) is 7. The van der Waals surface area contributed by atoms with Crippen LogP contribution in [-0.2, 0) is 4.74 Å². The Bertz CT molecular complexity index is 1390. The molecule has 0 atom stereocenters. The van der Waals surface area contributed by atoms with Crippen LogP contribution in [0.2, 0.25) is 0 Å². The summed E-state index contributed by atoms with van der Waals surface area (Å²) in [6.45, 7) is 3.97. The third-order valence-electron chi connectivity index (χ3n) is 6.01. The Morgan fingerprint density at radius 1 is 1.03 bits per heavy atom. The molecule has 6 bridgehead atoms. The molecule has 0 saturated carbocycles. The SMILES string of the molecule is COC(=O)c1ccc2ccc3cc(ccc3N3CCN(C)CC3)nc3[nH]c(nc1c2)C(Cl)=CN3. The molecule has 2 aliphatic heterocycles. The van der Waals surface area contributed by atoms with Gasteiger partial charge >= 0.3 is 5.97 Å². The molecule has 1 fully saturated rings. The summed E-state index contributed by atoms with van der Waals surface area (Å²) in [4.78, 5) is 29.6. The first kappa shape index (κ1) is 22.2. The van der Waals surface area contributed by atoms with Crippen LogP contribution in [0.5, 0.6) is 0 Å². The number of methoxy groups -OCH3 is 1. The average molecular weight is 477 g/mol. The minimum atomic E-state index is -0.467. The van der Waals surface area contributed by atoms with Gasteiger partial charge in [0, 0.05) is 38.1 Å². The summed E-state index contributed by atoms with van der Waals surface area (Å²) >= 11 is 6.38. The number of carbonyl (C=O) groups is 1. The van der Waals surface area contributed by atoms with E-state index in [1.54, 1.807) is 12.3 Å². The van der Waals surface area contributed by atoms with Crippen molar-refractivity contribution in [3.8, 4) is 0 Å². The van der Waals surface area contributed by atoms with Gasteiger partial charge in [-0.15, -0.1) is 0 Å². The minimum absolute atomic E-state index is 0.351. The molecule has 34 heavy (non-hydrogen) atoms. The van der Waals surface area contributed by atoms with Crippen LogP contribution >= 0.6 is 11.6 Å². The van der Waals surface area contributed by atoms with Crippen molar-refractivity contribution in [1.82, 2.24) is 19.9 Å². The molecule has 0 amide bonds. The van der Waals surface area contributed by atoms with Gasteiger partial charge < -0.3 is 24.8 Å². The number of piperazine rings is 1. The second-order valence-corrected chi connectivity index (χ2v) is 8.72. The summed E-state index contributed by atoms with van der Waals surface area (Å²) in [6.07, 6.45) is 1.62. The zero-order chi connectivity index (χ0) is 23.7. The largest absolute Gasteiger partial charge is 0.465 e. The molecule has 174 valence electrons. The van der Waals surface area contributed by atoms with Gasteiger partial charge in [-0.1, -0.05) is 29.8 Å². The van der Waals surface area contributed by atoms with E-state index in [0.717, 1.165) is 42.5 Å². The summed E-state index contributed by atoms with van der Waals surface area (Å²) < 4.78 is 4.95. The Morgan fingerprint density at radius 2 is 1.82 bits per heavy atom. The van der Waals surface area contributed by atoms with Gasteiger partial charge in [0.05, 0.1) is 28.7 Å². The number of nitrogens with zero attached hydrogens (tertiary/aromatic N) is 4. The molecule has 0 spiro atoms. The number of hydrogen-bond donors (Lipinski definition) is 2. The number of esters is 1. The molecule has 2 N–H and O–H groups in total. The maximum atomic E-state index is 12.4. The highest BCUT2D eigenvalue weighted by Crippen LogP contribution is 2.26. The average Bonchev–Trinajstić information content (AvgIpc) is 2.85. The van der Waals surface area contributed by atoms with Crippen molar-refractivity contribution in [2.75, 3.05) is 50.6 Å². The molecule has 0 aliphatic carbocycles. The van der Waals surface area contributed by atoms with E-state index in [2.05, 4.69) is 50.3 Å². The molecule has 1 aromatic heterocycles. The van der Waals surface area contributed by atoms with Crippen molar-refractivity contribution < 1.29 is 9.53 Å². The number of benzene rings is 2. The highest BCUT2D eigenvalue weighted by atomic mass is 35.5. The molecule has 3 aromatic rings.